The van der Waals surface area contributed by atoms with Gasteiger partial charge in [-0.2, -0.15) is 0 Å². The molecule has 17 heavy (non-hydrogen) atoms. The molecular weight excluding hydrogens is 217 g/mol. The molecule has 0 bridgehead atoms. The van der Waals surface area contributed by atoms with Crippen molar-refractivity contribution in [2.45, 2.75) is 18.9 Å². The van der Waals surface area contributed by atoms with Crippen molar-refractivity contribution < 1.29 is 9.50 Å². The zero-order valence-corrected chi connectivity index (χ0v) is 10.1. The molecule has 3 heteroatoms. The Kier molecular flexibility index (Phi) is 3.60. The monoisotopic (exact) mass is 235 g/mol. The second kappa shape index (κ2) is 4.98. The van der Waals surface area contributed by atoms with Gasteiger partial charge in [0.15, 0.2) is 0 Å². The molecule has 1 aliphatic heterocycles. The van der Waals surface area contributed by atoms with Gasteiger partial charge in [0.2, 0.25) is 0 Å². The third-order valence-electron chi connectivity index (χ3n) is 3.05. The van der Waals surface area contributed by atoms with E-state index in [1.165, 1.54) is 12.1 Å². The largest absolute Gasteiger partial charge is 0.389 e. The van der Waals surface area contributed by atoms with Gasteiger partial charge in [0.05, 0.1) is 5.60 Å². The van der Waals surface area contributed by atoms with Crippen LogP contribution >= 0.6 is 0 Å². The fourth-order valence-electron chi connectivity index (χ4n) is 2.14. The molecule has 0 saturated carbocycles. The Labute approximate surface area is 101 Å². The highest BCUT2D eigenvalue weighted by atomic mass is 19.1. The first kappa shape index (κ1) is 12.3. The van der Waals surface area contributed by atoms with Crippen molar-refractivity contribution in [2.75, 3.05) is 19.6 Å². The normalized spacial score (nSPS) is 25.8. The summed E-state index contributed by atoms with van der Waals surface area (Å²) in [6, 6.07) is 6.53. The number of likely N-dealkylation sites (tertiary alicyclic amines) is 1. The molecule has 92 valence electrons. The van der Waals surface area contributed by atoms with Crippen LogP contribution in [0.4, 0.5) is 4.39 Å². The maximum atomic E-state index is 12.9. The Morgan fingerprint density at radius 3 is 3.00 bits per heavy atom. The molecule has 2 nitrogen and oxygen atoms in total. The SMILES string of the molecule is CC1(O)CCN(C/C=C\c2cccc(F)c2)C1. The predicted octanol–water partition coefficient (Wildman–Crippen LogP) is 2.30. The molecule has 1 unspecified atom stereocenters. The van der Waals surface area contributed by atoms with E-state index >= 15 is 0 Å². The van der Waals surface area contributed by atoms with Crippen LogP contribution < -0.4 is 0 Å². The second-order valence-electron chi connectivity index (χ2n) is 4.94. The van der Waals surface area contributed by atoms with E-state index in [0.29, 0.717) is 6.54 Å². The van der Waals surface area contributed by atoms with Crippen LogP contribution in [0.2, 0.25) is 0 Å². The van der Waals surface area contributed by atoms with E-state index in [2.05, 4.69) is 4.90 Å². The molecule has 0 aliphatic carbocycles. The Balaban J connectivity index is 1.86. The van der Waals surface area contributed by atoms with Crippen molar-refractivity contribution in [1.82, 2.24) is 4.90 Å². The zero-order chi connectivity index (χ0) is 12.3. The average Bonchev–Trinajstić information content (AvgIpc) is 2.58. The third-order valence-corrected chi connectivity index (χ3v) is 3.05. The smallest absolute Gasteiger partial charge is 0.123 e. The van der Waals surface area contributed by atoms with Gasteiger partial charge in [-0.15, -0.1) is 0 Å². The lowest BCUT2D eigenvalue weighted by atomic mass is 10.1. The molecule has 0 aromatic heterocycles. The number of hydrogen-bond acceptors (Lipinski definition) is 2. The van der Waals surface area contributed by atoms with Gasteiger partial charge in [-0.1, -0.05) is 24.3 Å². The summed E-state index contributed by atoms with van der Waals surface area (Å²) in [6.45, 7) is 4.29. The molecule has 1 aromatic carbocycles. The topological polar surface area (TPSA) is 23.5 Å². The van der Waals surface area contributed by atoms with E-state index in [1.54, 1.807) is 6.07 Å². The van der Waals surface area contributed by atoms with Crippen molar-refractivity contribution in [3.63, 3.8) is 0 Å². The summed E-state index contributed by atoms with van der Waals surface area (Å²) < 4.78 is 12.9. The summed E-state index contributed by atoms with van der Waals surface area (Å²) in [4.78, 5) is 2.19. The molecule has 1 heterocycles. The van der Waals surface area contributed by atoms with E-state index in [4.69, 9.17) is 0 Å². The van der Waals surface area contributed by atoms with Crippen LogP contribution in [-0.2, 0) is 0 Å². The first-order valence-corrected chi connectivity index (χ1v) is 5.92. The maximum Gasteiger partial charge on any atom is 0.123 e. The van der Waals surface area contributed by atoms with E-state index < -0.39 is 5.60 Å². The first-order valence-electron chi connectivity index (χ1n) is 5.92. The molecule has 1 saturated heterocycles. The van der Waals surface area contributed by atoms with Crippen LogP contribution in [-0.4, -0.2) is 35.2 Å². The van der Waals surface area contributed by atoms with Crippen molar-refractivity contribution in [3.8, 4) is 0 Å². The fourth-order valence-corrected chi connectivity index (χ4v) is 2.14. The molecule has 1 fully saturated rings. The number of nitrogens with zero attached hydrogens (tertiary/aromatic N) is 1. The van der Waals surface area contributed by atoms with Crippen LogP contribution in [0.1, 0.15) is 18.9 Å². The lowest BCUT2D eigenvalue weighted by Crippen LogP contribution is -2.29. The van der Waals surface area contributed by atoms with Crippen LogP contribution in [0.25, 0.3) is 6.08 Å². The Bertz CT molecular complexity index is 414. The number of benzene rings is 1. The van der Waals surface area contributed by atoms with Gasteiger partial charge in [-0.05, 0) is 31.0 Å². The number of rotatable bonds is 3. The Hall–Kier alpha value is -1.19. The zero-order valence-electron chi connectivity index (χ0n) is 10.1. The van der Waals surface area contributed by atoms with E-state index in [0.717, 1.165) is 25.1 Å². The summed E-state index contributed by atoms with van der Waals surface area (Å²) >= 11 is 0. The Morgan fingerprint density at radius 1 is 1.53 bits per heavy atom. The fraction of sp³-hybridized carbons (Fsp3) is 0.429. The lowest BCUT2D eigenvalue weighted by Gasteiger charge is -2.17. The average molecular weight is 235 g/mol. The molecule has 0 spiro atoms. The van der Waals surface area contributed by atoms with Crippen LogP contribution in [0.5, 0.6) is 0 Å². The minimum absolute atomic E-state index is 0.212. The van der Waals surface area contributed by atoms with Gasteiger partial charge in [0, 0.05) is 19.6 Å². The standard InChI is InChI=1S/C14H18FNO/c1-14(17)7-9-16(11-14)8-3-5-12-4-2-6-13(15)10-12/h2-6,10,17H,7-9,11H2,1H3/b5-3-. The third kappa shape index (κ3) is 3.65. The highest BCUT2D eigenvalue weighted by Crippen LogP contribution is 2.19. The molecular formula is C14H18FNO. The minimum atomic E-state index is -0.549. The van der Waals surface area contributed by atoms with Crippen molar-refractivity contribution in [2.24, 2.45) is 0 Å². The maximum absolute atomic E-state index is 12.9. The molecule has 1 atom stereocenters. The Morgan fingerprint density at radius 2 is 2.35 bits per heavy atom. The first-order chi connectivity index (χ1) is 8.05. The molecule has 1 aliphatic rings. The highest BCUT2D eigenvalue weighted by molar-refractivity contribution is 5.49. The number of β-amino-alcohol motifs (C(OH)–C–C–N with tert-alkyl or cyclic N) is 1. The van der Waals surface area contributed by atoms with Gasteiger partial charge in [-0.25, -0.2) is 4.39 Å². The summed E-state index contributed by atoms with van der Waals surface area (Å²) in [5, 5.41) is 9.80. The van der Waals surface area contributed by atoms with Gasteiger partial charge < -0.3 is 5.11 Å². The summed E-state index contributed by atoms with van der Waals surface area (Å²) in [7, 11) is 0. The van der Waals surface area contributed by atoms with Crippen LogP contribution in [0.15, 0.2) is 30.3 Å². The summed E-state index contributed by atoms with van der Waals surface area (Å²) in [5.74, 6) is -0.212. The molecule has 0 radical (unpaired) electrons. The molecule has 2 rings (SSSR count). The molecule has 1 N–H and O–H groups in total. The quantitative estimate of drug-likeness (QED) is 0.869. The highest BCUT2D eigenvalue weighted by Gasteiger charge is 2.30. The predicted molar refractivity (Wildman–Crippen MR) is 67.1 cm³/mol. The molecule has 0 amide bonds. The lowest BCUT2D eigenvalue weighted by molar-refractivity contribution is 0.0703. The van der Waals surface area contributed by atoms with E-state index in [1.807, 2.05) is 25.1 Å². The molecule has 1 aromatic rings. The number of aliphatic hydroxyl groups is 1. The van der Waals surface area contributed by atoms with E-state index in [9.17, 15) is 9.50 Å². The van der Waals surface area contributed by atoms with Gasteiger partial charge >= 0.3 is 0 Å². The summed E-state index contributed by atoms with van der Waals surface area (Å²) in [6.07, 6.45) is 4.74. The summed E-state index contributed by atoms with van der Waals surface area (Å²) in [5.41, 5.74) is 0.322. The van der Waals surface area contributed by atoms with E-state index in [-0.39, 0.29) is 5.82 Å². The number of halogens is 1. The van der Waals surface area contributed by atoms with Gasteiger partial charge in [0.1, 0.15) is 5.82 Å². The second-order valence-corrected chi connectivity index (χ2v) is 4.94. The van der Waals surface area contributed by atoms with Gasteiger partial charge in [-0.3, -0.25) is 4.90 Å². The minimum Gasteiger partial charge on any atom is -0.389 e. The van der Waals surface area contributed by atoms with Crippen molar-refractivity contribution >= 4 is 6.08 Å². The van der Waals surface area contributed by atoms with Crippen molar-refractivity contribution in [3.05, 3.63) is 41.7 Å². The van der Waals surface area contributed by atoms with Crippen LogP contribution in [0.3, 0.4) is 0 Å². The number of hydrogen-bond donors (Lipinski definition) is 1. The van der Waals surface area contributed by atoms with Crippen molar-refractivity contribution in [1.29, 1.82) is 0 Å². The van der Waals surface area contributed by atoms with Crippen LogP contribution in [0, 0.1) is 5.82 Å². The van der Waals surface area contributed by atoms with Gasteiger partial charge in [0.25, 0.3) is 0 Å².